The van der Waals surface area contributed by atoms with Crippen molar-refractivity contribution in [3.63, 3.8) is 0 Å². The van der Waals surface area contributed by atoms with E-state index < -0.39 is 15.3 Å². The fourth-order valence-electron chi connectivity index (χ4n) is 3.86. The van der Waals surface area contributed by atoms with Crippen molar-refractivity contribution >= 4 is 21.8 Å². The molecular formula is C20H29N3O5S. The largest absolute Gasteiger partial charge is 0.484 e. The van der Waals surface area contributed by atoms with Crippen LogP contribution in [0.2, 0.25) is 0 Å². The number of nitrogens with zero attached hydrogens (tertiary/aromatic N) is 3. The molecule has 160 valence electrons. The van der Waals surface area contributed by atoms with Gasteiger partial charge in [0, 0.05) is 33.7 Å². The third-order valence-electron chi connectivity index (χ3n) is 5.71. The highest BCUT2D eigenvalue weighted by atomic mass is 32.2. The number of rotatable bonds is 5. The number of carbonyl (C=O) groups is 2. The van der Waals surface area contributed by atoms with E-state index in [1.54, 1.807) is 19.0 Å². The molecule has 9 heteroatoms. The maximum atomic E-state index is 12.9. The summed E-state index contributed by atoms with van der Waals surface area (Å²) in [5.41, 5.74) is 1.12. The number of sulfonamides is 1. The van der Waals surface area contributed by atoms with Gasteiger partial charge in [0.15, 0.2) is 6.61 Å². The molecule has 29 heavy (non-hydrogen) atoms. The Bertz CT molecular complexity index is 853. The van der Waals surface area contributed by atoms with Crippen molar-refractivity contribution in [1.82, 2.24) is 14.1 Å². The Hall–Kier alpha value is -2.13. The number of likely N-dealkylation sites (tertiary alicyclic amines) is 1. The Balaban J connectivity index is 1.57. The van der Waals surface area contributed by atoms with Crippen LogP contribution in [0.4, 0.5) is 0 Å². The number of benzene rings is 1. The second kappa shape index (κ2) is 8.71. The highest BCUT2D eigenvalue weighted by molar-refractivity contribution is 7.90. The van der Waals surface area contributed by atoms with Crippen LogP contribution < -0.4 is 4.74 Å². The van der Waals surface area contributed by atoms with Gasteiger partial charge in [-0.05, 0) is 37.8 Å². The van der Waals surface area contributed by atoms with Crippen molar-refractivity contribution in [1.29, 1.82) is 0 Å². The summed E-state index contributed by atoms with van der Waals surface area (Å²) in [6.45, 7) is 3.03. The van der Waals surface area contributed by atoms with E-state index in [1.807, 2.05) is 31.2 Å². The summed E-state index contributed by atoms with van der Waals surface area (Å²) >= 11 is 0. The minimum Gasteiger partial charge on any atom is -0.484 e. The van der Waals surface area contributed by atoms with Crippen LogP contribution in [0.5, 0.6) is 5.75 Å². The van der Waals surface area contributed by atoms with Gasteiger partial charge in [-0.3, -0.25) is 9.59 Å². The molecule has 0 N–H and O–H groups in total. The standard InChI is InChI=1S/C20H29N3O5S/c1-15-4-6-17(7-5-15)28-14-20(25)22-10-8-16-12-23(13-19(24)21(2)3)29(26,27)18(16)9-11-22/h4-7,16,18H,8-14H2,1-3H3/t16-,18-/m0/s1. The zero-order valence-electron chi connectivity index (χ0n) is 17.2. The molecule has 0 bridgehead atoms. The first-order valence-electron chi connectivity index (χ1n) is 9.85. The molecule has 2 fully saturated rings. The van der Waals surface area contributed by atoms with E-state index in [4.69, 9.17) is 4.74 Å². The zero-order chi connectivity index (χ0) is 21.2. The molecule has 0 spiro atoms. The smallest absolute Gasteiger partial charge is 0.260 e. The molecule has 0 radical (unpaired) electrons. The van der Waals surface area contributed by atoms with Gasteiger partial charge in [0.25, 0.3) is 5.91 Å². The number of aryl methyl sites for hydroxylation is 1. The van der Waals surface area contributed by atoms with Gasteiger partial charge in [0.2, 0.25) is 15.9 Å². The SMILES string of the molecule is Cc1ccc(OCC(=O)N2CC[C@H]3CN(CC(=O)N(C)C)S(=O)(=O)[C@H]3CC2)cc1. The molecule has 0 aliphatic carbocycles. The minimum atomic E-state index is -3.53. The summed E-state index contributed by atoms with van der Waals surface area (Å²) < 4.78 is 32.6. The van der Waals surface area contributed by atoms with Gasteiger partial charge in [-0.25, -0.2) is 8.42 Å². The molecule has 0 unspecified atom stereocenters. The number of hydrogen-bond donors (Lipinski definition) is 0. The number of hydrogen-bond acceptors (Lipinski definition) is 5. The quantitative estimate of drug-likeness (QED) is 0.696. The van der Waals surface area contributed by atoms with Crippen molar-refractivity contribution in [2.45, 2.75) is 25.0 Å². The lowest BCUT2D eigenvalue weighted by molar-refractivity contribution is -0.133. The van der Waals surface area contributed by atoms with Crippen LogP contribution in [0.3, 0.4) is 0 Å². The summed E-state index contributed by atoms with van der Waals surface area (Å²) in [6.07, 6.45) is 0.989. The van der Waals surface area contributed by atoms with Crippen LogP contribution in [0.25, 0.3) is 0 Å². The zero-order valence-corrected chi connectivity index (χ0v) is 18.0. The molecule has 2 aliphatic heterocycles. The molecule has 2 aliphatic rings. The van der Waals surface area contributed by atoms with Gasteiger partial charge < -0.3 is 14.5 Å². The minimum absolute atomic E-state index is 0.0609. The second-order valence-electron chi connectivity index (χ2n) is 7.98. The fourth-order valence-corrected chi connectivity index (χ4v) is 6.05. The number of likely N-dealkylation sites (N-methyl/N-ethyl adjacent to an activating group) is 1. The first kappa shape index (κ1) is 21.6. The number of fused-ring (bicyclic) bond motifs is 1. The Morgan fingerprint density at radius 2 is 1.79 bits per heavy atom. The molecule has 2 atom stereocenters. The van der Waals surface area contributed by atoms with Crippen molar-refractivity contribution in [2.24, 2.45) is 5.92 Å². The predicted octanol–water partition coefficient (Wildman–Crippen LogP) is 0.715. The highest BCUT2D eigenvalue weighted by Crippen LogP contribution is 2.34. The molecule has 3 rings (SSSR count). The van der Waals surface area contributed by atoms with E-state index in [2.05, 4.69) is 0 Å². The molecule has 2 amide bonds. The van der Waals surface area contributed by atoms with Crippen LogP contribution in [0.1, 0.15) is 18.4 Å². The van der Waals surface area contributed by atoms with Crippen molar-refractivity contribution < 1.29 is 22.7 Å². The monoisotopic (exact) mass is 423 g/mol. The molecule has 8 nitrogen and oxygen atoms in total. The molecule has 2 saturated heterocycles. The molecule has 1 aromatic rings. The average Bonchev–Trinajstić information content (AvgIpc) is 2.82. The summed E-state index contributed by atoms with van der Waals surface area (Å²) in [5.74, 6) is 0.211. The summed E-state index contributed by atoms with van der Waals surface area (Å²) in [4.78, 5) is 27.6. The van der Waals surface area contributed by atoms with Gasteiger partial charge in [0.1, 0.15) is 5.75 Å². The fraction of sp³-hybridized carbons (Fsp3) is 0.600. The molecule has 2 heterocycles. The maximum absolute atomic E-state index is 12.9. The number of amides is 2. The van der Waals surface area contributed by atoms with Gasteiger partial charge in [-0.1, -0.05) is 17.7 Å². The van der Waals surface area contributed by atoms with Crippen molar-refractivity contribution in [2.75, 3.05) is 46.9 Å². The summed E-state index contributed by atoms with van der Waals surface area (Å²) in [5, 5.41) is -0.534. The van der Waals surface area contributed by atoms with E-state index in [-0.39, 0.29) is 30.9 Å². The first-order valence-corrected chi connectivity index (χ1v) is 11.3. The van der Waals surface area contributed by atoms with Gasteiger partial charge >= 0.3 is 0 Å². The van der Waals surface area contributed by atoms with E-state index in [0.29, 0.717) is 38.2 Å². The van der Waals surface area contributed by atoms with Gasteiger partial charge in [-0.2, -0.15) is 4.31 Å². The van der Waals surface area contributed by atoms with Crippen LogP contribution >= 0.6 is 0 Å². The molecule has 0 aromatic heterocycles. The lowest BCUT2D eigenvalue weighted by Gasteiger charge is -2.22. The topological polar surface area (TPSA) is 87.2 Å². The Kier molecular flexibility index (Phi) is 6.48. The van der Waals surface area contributed by atoms with Crippen molar-refractivity contribution in [3.8, 4) is 5.75 Å². The average molecular weight is 424 g/mol. The number of carbonyl (C=O) groups excluding carboxylic acids is 2. The summed E-state index contributed by atoms with van der Waals surface area (Å²) in [6, 6.07) is 7.49. The summed E-state index contributed by atoms with van der Waals surface area (Å²) in [7, 11) is -0.299. The maximum Gasteiger partial charge on any atom is 0.260 e. The third-order valence-corrected chi connectivity index (χ3v) is 8.09. The van der Waals surface area contributed by atoms with E-state index in [9.17, 15) is 18.0 Å². The van der Waals surface area contributed by atoms with Crippen LogP contribution in [0.15, 0.2) is 24.3 Å². The third kappa shape index (κ3) is 4.90. The first-order chi connectivity index (χ1) is 13.7. The Morgan fingerprint density at radius 1 is 1.14 bits per heavy atom. The van der Waals surface area contributed by atoms with Gasteiger partial charge in [-0.15, -0.1) is 0 Å². The Morgan fingerprint density at radius 3 is 2.45 bits per heavy atom. The van der Waals surface area contributed by atoms with Crippen LogP contribution in [-0.2, 0) is 19.6 Å². The predicted molar refractivity (Wildman–Crippen MR) is 109 cm³/mol. The second-order valence-corrected chi connectivity index (χ2v) is 10.1. The highest BCUT2D eigenvalue weighted by Gasteiger charge is 2.47. The molecule has 0 saturated carbocycles. The lowest BCUT2D eigenvalue weighted by atomic mass is 10.0. The Labute approximate surface area is 172 Å². The van der Waals surface area contributed by atoms with E-state index in [1.165, 1.54) is 9.21 Å². The van der Waals surface area contributed by atoms with E-state index in [0.717, 1.165) is 5.56 Å². The molecular weight excluding hydrogens is 394 g/mol. The normalized spacial score (nSPS) is 23.9. The number of ether oxygens (including phenoxy) is 1. The van der Waals surface area contributed by atoms with Crippen molar-refractivity contribution in [3.05, 3.63) is 29.8 Å². The van der Waals surface area contributed by atoms with E-state index >= 15 is 0 Å². The van der Waals surface area contributed by atoms with Gasteiger partial charge in [0.05, 0.1) is 11.8 Å². The molecule has 1 aromatic carbocycles. The van der Waals surface area contributed by atoms with Crippen LogP contribution in [-0.4, -0.2) is 86.5 Å². The van der Waals surface area contributed by atoms with Crippen LogP contribution in [0, 0.1) is 12.8 Å². The lowest BCUT2D eigenvalue weighted by Crippen LogP contribution is -2.40.